The van der Waals surface area contributed by atoms with Gasteiger partial charge in [-0.3, -0.25) is 9.10 Å². The van der Waals surface area contributed by atoms with Crippen molar-refractivity contribution in [1.29, 1.82) is 0 Å². The third kappa shape index (κ3) is 5.27. The molecular weight excluding hydrogens is 475 g/mol. The number of methoxy groups -OCH3 is 2. The normalized spacial score (nSPS) is 11.0. The van der Waals surface area contributed by atoms with Gasteiger partial charge in [-0.15, -0.1) is 0 Å². The Kier molecular flexibility index (Phi) is 7.50. The SMILES string of the molecule is COc1ccc(NC(=O)CN(c2ccc(Cl)c(Cl)c2)S(=O)(=O)c2ccccc2)cc1OC. The van der Waals surface area contributed by atoms with E-state index in [-0.39, 0.29) is 20.6 Å². The maximum atomic E-state index is 13.3. The Morgan fingerprint density at radius 2 is 1.59 bits per heavy atom. The molecule has 0 radical (unpaired) electrons. The van der Waals surface area contributed by atoms with Gasteiger partial charge in [0.2, 0.25) is 5.91 Å². The van der Waals surface area contributed by atoms with E-state index < -0.39 is 22.5 Å². The van der Waals surface area contributed by atoms with Gasteiger partial charge in [0.05, 0.1) is 34.8 Å². The topological polar surface area (TPSA) is 84.9 Å². The number of sulfonamides is 1. The summed E-state index contributed by atoms with van der Waals surface area (Å²) in [6.07, 6.45) is 0. The van der Waals surface area contributed by atoms with Crippen LogP contribution in [-0.4, -0.2) is 35.1 Å². The van der Waals surface area contributed by atoms with E-state index in [1.54, 1.807) is 36.4 Å². The third-order valence-electron chi connectivity index (χ3n) is 4.48. The Hall–Kier alpha value is -2.94. The minimum Gasteiger partial charge on any atom is -0.493 e. The number of carbonyl (C=O) groups excluding carboxylic acids is 1. The summed E-state index contributed by atoms with van der Waals surface area (Å²) < 4.78 is 38.1. The first-order valence-corrected chi connectivity index (χ1v) is 11.5. The summed E-state index contributed by atoms with van der Waals surface area (Å²) in [7, 11) is -1.09. The number of rotatable bonds is 8. The Labute approximate surface area is 196 Å². The van der Waals surface area contributed by atoms with E-state index in [2.05, 4.69) is 5.32 Å². The van der Waals surface area contributed by atoms with Crippen molar-refractivity contribution in [2.45, 2.75) is 4.90 Å². The molecule has 0 saturated heterocycles. The number of anilines is 2. The molecule has 3 rings (SSSR count). The number of amides is 1. The van der Waals surface area contributed by atoms with Crippen LogP contribution in [0.15, 0.2) is 71.6 Å². The number of benzene rings is 3. The Balaban J connectivity index is 1.94. The van der Waals surface area contributed by atoms with Crippen LogP contribution in [-0.2, 0) is 14.8 Å². The third-order valence-corrected chi connectivity index (χ3v) is 7.00. The molecule has 0 aliphatic rings. The van der Waals surface area contributed by atoms with E-state index in [1.165, 1.54) is 44.6 Å². The molecule has 32 heavy (non-hydrogen) atoms. The summed E-state index contributed by atoms with van der Waals surface area (Å²) in [6, 6.07) is 17.0. The van der Waals surface area contributed by atoms with E-state index in [9.17, 15) is 13.2 Å². The molecule has 168 valence electrons. The summed E-state index contributed by atoms with van der Waals surface area (Å²) in [4.78, 5) is 12.9. The molecule has 0 bridgehead atoms. The summed E-state index contributed by atoms with van der Waals surface area (Å²) in [5, 5.41) is 3.11. The van der Waals surface area contributed by atoms with Crippen LogP contribution < -0.4 is 19.1 Å². The lowest BCUT2D eigenvalue weighted by Gasteiger charge is -2.24. The van der Waals surface area contributed by atoms with Gasteiger partial charge in [0.25, 0.3) is 10.0 Å². The van der Waals surface area contributed by atoms with Crippen molar-refractivity contribution in [1.82, 2.24) is 0 Å². The van der Waals surface area contributed by atoms with Crippen LogP contribution in [0.5, 0.6) is 11.5 Å². The van der Waals surface area contributed by atoms with Crippen molar-refractivity contribution < 1.29 is 22.7 Å². The number of carbonyl (C=O) groups is 1. The second kappa shape index (κ2) is 10.1. The standard InChI is InChI=1S/C22H20Cl2N2O5S/c1-30-20-11-8-15(12-21(20)31-2)25-22(27)14-26(16-9-10-18(23)19(24)13-16)32(28,29)17-6-4-3-5-7-17/h3-13H,14H2,1-2H3,(H,25,27). The number of hydrogen-bond donors (Lipinski definition) is 1. The van der Waals surface area contributed by atoms with Crippen molar-refractivity contribution in [3.63, 3.8) is 0 Å². The number of halogens is 2. The van der Waals surface area contributed by atoms with Crippen LogP contribution in [0.4, 0.5) is 11.4 Å². The largest absolute Gasteiger partial charge is 0.493 e. The second-order valence-electron chi connectivity index (χ2n) is 6.54. The predicted octanol–water partition coefficient (Wildman–Crippen LogP) is 4.84. The van der Waals surface area contributed by atoms with E-state index in [0.717, 1.165) is 4.31 Å². The lowest BCUT2D eigenvalue weighted by molar-refractivity contribution is -0.114. The molecule has 0 aliphatic heterocycles. The summed E-state index contributed by atoms with van der Waals surface area (Å²) in [5.41, 5.74) is 0.615. The molecule has 0 aromatic heterocycles. The van der Waals surface area contributed by atoms with Gasteiger partial charge in [-0.05, 0) is 42.5 Å². The van der Waals surface area contributed by atoms with Crippen molar-refractivity contribution in [3.05, 3.63) is 76.8 Å². The van der Waals surface area contributed by atoms with Crippen LogP contribution in [0.25, 0.3) is 0 Å². The molecule has 0 spiro atoms. The van der Waals surface area contributed by atoms with Crippen LogP contribution in [0.1, 0.15) is 0 Å². The molecule has 0 saturated carbocycles. The molecule has 3 aromatic rings. The molecule has 0 heterocycles. The minimum atomic E-state index is -4.07. The van der Waals surface area contributed by atoms with Crippen molar-refractivity contribution in [2.75, 3.05) is 30.4 Å². The van der Waals surface area contributed by atoms with Gasteiger partial charge >= 0.3 is 0 Å². The first-order valence-electron chi connectivity index (χ1n) is 9.31. The number of nitrogens with one attached hydrogen (secondary N) is 1. The van der Waals surface area contributed by atoms with Gasteiger partial charge in [0.1, 0.15) is 6.54 Å². The first-order chi connectivity index (χ1) is 15.3. The van der Waals surface area contributed by atoms with Crippen LogP contribution >= 0.6 is 23.2 Å². The average molecular weight is 495 g/mol. The average Bonchev–Trinajstić information content (AvgIpc) is 2.79. The number of hydrogen-bond acceptors (Lipinski definition) is 5. The van der Waals surface area contributed by atoms with Gasteiger partial charge in [0.15, 0.2) is 11.5 Å². The van der Waals surface area contributed by atoms with Crippen LogP contribution in [0, 0.1) is 0 Å². The van der Waals surface area contributed by atoms with Crippen molar-refractivity contribution in [2.24, 2.45) is 0 Å². The van der Waals surface area contributed by atoms with Crippen molar-refractivity contribution in [3.8, 4) is 11.5 Å². The number of ether oxygens (including phenoxy) is 2. The molecule has 10 heteroatoms. The molecule has 1 N–H and O–H groups in total. The molecule has 0 fully saturated rings. The van der Waals surface area contributed by atoms with Gasteiger partial charge in [0, 0.05) is 11.8 Å². The van der Waals surface area contributed by atoms with E-state index in [4.69, 9.17) is 32.7 Å². The molecule has 7 nitrogen and oxygen atoms in total. The fraction of sp³-hybridized carbons (Fsp3) is 0.136. The smallest absolute Gasteiger partial charge is 0.264 e. The quantitative estimate of drug-likeness (QED) is 0.483. The highest BCUT2D eigenvalue weighted by Crippen LogP contribution is 2.32. The zero-order valence-electron chi connectivity index (χ0n) is 17.2. The molecular formula is C22H20Cl2N2O5S. The van der Waals surface area contributed by atoms with Gasteiger partial charge in [-0.1, -0.05) is 41.4 Å². The zero-order chi connectivity index (χ0) is 23.3. The van der Waals surface area contributed by atoms with Crippen LogP contribution in [0.2, 0.25) is 10.0 Å². The van der Waals surface area contributed by atoms with E-state index in [1.807, 2.05) is 0 Å². The Morgan fingerprint density at radius 3 is 2.22 bits per heavy atom. The van der Waals surface area contributed by atoms with Crippen LogP contribution in [0.3, 0.4) is 0 Å². The lowest BCUT2D eigenvalue weighted by atomic mass is 10.2. The van der Waals surface area contributed by atoms with E-state index in [0.29, 0.717) is 17.2 Å². The second-order valence-corrected chi connectivity index (χ2v) is 9.22. The highest BCUT2D eigenvalue weighted by molar-refractivity contribution is 7.92. The summed E-state index contributed by atoms with van der Waals surface area (Å²) in [5.74, 6) is 0.348. The van der Waals surface area contributed by atoms with Gasteiger partial charge < -0.3 is 14.8 Å². The maximum Gasteiger partial charge on any atom is 0.264 e. The maximum absolute atomic E-state index is 13.3. The monoisotopic (exact) mass is 494 g/mol. The molecule has 0 atom stereocenters. The van der Waals surface area contributed by atoms with Gasteiger partial charge in [-0.2, -0.15) is 0 Å². The molecule has 0 unspecified atom stereocenters. The predicted molar refractivity (Wildman–Crippen MR) is 126 cm³/mol. The summed E-state index contributed by atoms with van der Waals surface area (Å²) >= 11 is 12.1. The van der Waals surface area contributed by atoms with Gasteiger partial charge in [-0.25, -0.2) is 8.42 Å². The molecule has 0 aliphatic carbocycles. The lowest BCUT2D eigenvalue weighted by Crippen LogP contribution is -2.38. The molecule has 1 amide bonds. The first kappa shape index (κ1) is 23.7. The highest BCUT2D eigenvalue weighted by atomic mass is 35.5. The fourth-order valence-electron chi connectivity index (χ4n) is 2.92. The van der Waals surface area contributed by atoms with E-state index >= 15 is 0 Å². The minimum absolute atomic E-state index is 0.0324. The highest BCUT2D eigenvalue weighted by Gasteiger charge is 2.27. The zero-order valence-corrected chi connectivity index (χ0v) is 19.5. The Morgan fingerprint density at radius 1 is 0.906 bits per heavy atom. The number of nitrogens with zero attached hydrogens (tertiary/aromatic N) is 1. The van der Waals surface area contributed by atoms with Crippen molar-refractivity contribution >= 4 is 50.5 Å². The Bertz CT molecular complexity index is 1220. The molecule has 3 aromatic carbocycles. The fourth-order valence-corrected chi connectivity index (χ4v) is 4.65. The summed E-state index contributed by atoms with van der Waals surface area (Å²) in [6.45, 7) is -0.496.